The van der Waals surface area contributed by atoms with E-state index in [1.807, 2.05) is 12.1 Å². The van der Waals surface area contributed by atoms with Gasteiger partial charge in [0.05, 0.1) is 11.3 Å². The maximum Gasteiger partial charge on any atom is 0.234 e. The van der Waals surface area contributed by atoms with Gasteiger partial charge in [-0.25, -0.2) is 4.39 Å². The Morgan fingerprint density at radius 2 is 1.84 bits per heavy atom. The van der Waals surface area contributed by atoms with Crippen LogP contribution in [0.5, 0.6) is 0 Å². The van der Waals surface area contributed by atoms with Crippen LogP contribution in [-0.2, 0) is 4.79 Å². The van der Waals surface area contributed by atoms with Crippen molar-refractivity contribution in [2.24, 2.45) is 0 Å². The molecule has 1 amide bonds. The number of hydrogen-bond acceptors (Lipinski definition) is 6. The molecule has 9 heteroatoms. The average Bonchev–Trinajstić information content (AvgIpc) is 3.24. The van der Waals surface area contributed by atoms with Crippen LogP contribution in [0.25, 0.3) is 17.1 Å². The van der Waals surface area contributed by atoms with Crippen molar-refractivity contribution in [2.75, 3.05) is 0 Å². The second kappa shape index (κ2) is 9.49. The number of nitriles is 1. The van der Waals surface area contributed by atoms with E-state index in [1.165, 1.54) is 23.9 Å². The topological polar surface area (TPSA) is 96.5 Å². The summed E-state index contributed by atoms with van der Waals surface area (Å²) in [7, 11) is 0. The van der Waals surface area contributed by atoms with Crippen LogP contribution < -0.4 is 5.32 Å². The number of benzene rings is 1. The number of rotatable bonds is 6. The molecule has 164 valence electrons. The third kappa shape index (κ3) is 4.65. The number of carbonyl (C=O) groups is 1. The molecule has 1 atom stereocenters. The number of halogens is 1. The monoisotopic (exact) mass is 450 g/mol. The second-order valence-corrected chi connectivity index (χ2v) is 9.17. The molecule has 1 fully saturated rings. The Balaban J connectivity index is 1.62. The summed E-state index contributed by atoms with van der Waals surface area (Å²) in [6.07, 6.45) is 7.62. The third-order valence-corrected chi connectivity index (χ3v) is 6.63. The van der Waals surface area contributed by atoms with E-state index >= 15 is 0 Å². The van der Waals surface area contributed by atoms with Gasteiger partial charge in [0.25, 0.3) is 0 Å². The average molecular weight is 451 g/mol. The molecule has 3 aromatic rings. The molecule has 0 radical (unpaired) electrons. The van der Waals surface area contributed by atoms with Gasteiger partial charge in [0.15, 0.2) is 11.0 Å². The van der Waals surface area contributed by atoms with Gasteiger partial charge in [0.1, 0.15) is 11.4 Å². The SMILES string of the molecule is CC(Sc1nnc(-c2ccncc2)n1-c1ccc(F)cc1)C(=O)NC1(C#N)CCCCC1. The van der Waals surface area contributed by atoms with Crippen molar-refractivity contribution >= 4 is 17.7 Å². The Morgan fingerprint density at radius 1 is 1.16 bits per heavy atom. The summed E-state index contributed by atoms with van der Waals surface area (Å²) in [6, 6.07) is 12.0. The summed E-state index contributed by atoms with van der Waals surface area (Å²) in [5.41, 5.74) is 0.683. The standard InChI is InChI=1S/C23H23FN6OS/c1-16(21(31)27-23(15-25)11-3-2-4-12-23)32-22-29-28-20(17-9-13-26-14-10-17)30(22)19-7-5-18(24)6-8-19/h5-10,13-14,16H,2-4,11-12H2,1H3,(H,27,31). The molecule has 0 aliphatic heterocycles. The van der Waals surface area contributed by atoms with Crippen molar-refractivity contribution in [1.29, 1.82) is 5.26 Å². The molecule has 2 heterocycles. The molecule has 7 nitrogen and oxygen atoms in total. The zero-order valence-corrected chi connectivity index (χ0v) is 18.5. The summed E-state index contributed by atoms with van der Waals surface area (Å²) < 4.78 is 15.3. The van der Waals surface area contributed by atoms with Crippen molar-refractivity contribution < 1.29 is 9.18 Å². The van der Waals surface area contributed by atoms with E-state index < -0.39 is 10.8 Å². The van der Waals surface area contributed by atoms with Crippen molar-refractivity contribution in [2.45, 2.75) is 55.0 Å². The summed E-state index contributed by atoms with van der Waals surface area (Å²) in [5, 5.41) is 21.3. The first kappa shape index (κ1) is 22.0. The molecule has 2 aromatic heterocycles. The van der Waals surface area contributed by atoms with Gasteiger partial charge in [0, 0.05) is 23.6 Å². The van der Waals surface area contributed by atoms with Gasteiger partial charge in [-0.1, -0.05) is 31.0 Å². The molecule has 1 saturated carbocycles. The molecule has 1 N–H and O–H groups in total. The Morgan fingerprint density at radius 3 is 2.50 bits per heavy atom. The first-order valence-corrected chi connectivity index (χ1v) is 11.4. The Hall–Kier alpha value is -3.25. The molecule has 1 aliphatic rings. The van der Waals surface area contributed by atoms with Crippen LogP contribution in [0.4, 0.5) is 4.39 Å². The number of nitrogens with one attached hydrogen (secondary N) is 1. The molecular weight excluding hydrogens is 427 g/mol. The zero-order chi connectivity index (χ0) is 22.6. The largest absolute Gasteiger partial charge is 0.337 e. The first-order chi connectivity index (χ1) is 15.5. The summed E-state index contributed by atoms with van der Waals surface area (Å²) in [4.78, 5) is 17.0. The van der Waals surface area contributed by atoms with Crippen LogP contribution >= 0.6 is 11.8 Å². The summed E-state index contributed by atoms with van der Waals surface area (Å²) >= 11 is 1.25. The Kier molecular flexibility index (Phi) is 6.51. The molecule has 0 saturated heterocycles. The highest BCUT2D eigenvalue weighted by Crippen LogP contribution is 2.32. The highest BCUT2D eigenvalue weighted by molar-refractivity contribution is 8.00. The van der Waals surface area contributed by atoms with Gasteiger partial charge in [-0.15, -0.1) is 10.2 Å². The van der Waals surface area contributed by atoms with Crippen molar-refractivity contribution in [3.8, 4) is 23.1 Å². The van der Waals surface area contributed by atoms with E-state index in [0.29, 0.717) is 29.5 Å². The lowest BCUT2D eigenvalue weighted by Crippen LogP contribution is -2.50. The van der Waals surface area contributed by atoms with E-state index in [9.17, 15) is 14.4 Å². The van der Waals surface area contributed by atoms with Gasteiger partial charge in [-0.05, 0) is 56.2 Å². The zero-order valence-electron chi connectivity index (χ0n) is 17.7. The minimum atomic E-state index is -0.795. The normalized spacial score (nSPS) is 16.2. The molecule has 1 aliphatic carbocycles. The molecule has 4 rings (SSSR count). The van der Waals surface area contributed by atoms with Crippen molar-refractivity contribution in [3.63, 3.8) is 0 Å². The summed E-state index contributed by atoms with van der Waals surface area (Å²) in [6.45, 7) is 1.78. The van der Waals surface area contributed by atoms with Gasteiger partial charge in [-0.2, -0.15) is 5.26 Å². The lowest BCUT2D eigenvalue weighted by molar-refractivity contribution is -0.121. The van der Waals surface area contributed by atoms with Crippen LogP contribution in [0.2, 0.25) is 0 Å². The molecule has 0 bridgehead atoms. The summed E-state index contributed by atoms with van der Waals surface area (Å²) in [5.74, 6) is 0.0102. The first-order valence-electron chi connectivity index (χ1n) is 10.5. The van der Waals surface area contributed by atoms with Gasteiger partial charge in [0.2, 0.25) is 5.91 Å². The molecule has 1 aromatic carbocycles. The lowest BCUT2D eigenvalue weighted by Gasteiger charge is -2.32. The second-order valence-electron chi connectivity index (χ2n) is 7.86. The number of nitrogens with zero attached hydrogens (tertiary/aromatic N) is 5. The molecule has 32 heavy (non-hydrogen) atoms. The fraction of sp³-hybridized carbons (Fsp3) is 0.348. The van der Waals surface area contributed by atoms with Gasteiger partial charge in [-0.3, -0.25) is 14.3 Å². The third-order valence-electron chi connectivity index (χ3n) is 5.59. The van der Waals surface area contributed by atoms with Crippen LogP contribution in [-0.4, -0.2) is 36.4 Å². The maximum atomic E-state index is 13.5. The number of thioether (sulfide) groups is 1. The maximum absolute atomic E-state index is 13.5. The number of hydrogen-bond donors (Lipinski definition) is 1. The van der Waals surface area contributed by atoms with E-state index in [0.717, 1.165) is 24.8 Å². The molecule has 0 spiro atoms. The van der Waals surface area contributed by atoms with E-state index in [4.69, 9.17) is 0 Å². The lowest BCUT2D eigenvalue weighted by atomic mass is 9.83. The highest BCUT2D eigenvalue weighted by atomic mass is 32.2. The highest BCUT2D eigenvalue weighted by Gasteiger charge is 2.35. The predicted molar refractivity (Wildman–Crippen MR) is 119 cm³/mol. The van der Waals surface area contributed by atoms with Crippen LogP contribution in [0.15, 0.2) is 53.9 Å². The fourth-order valence-electron chi connectivity index (χ4n) is 3.83. The smallest absolute Gasteiger partial charge is 0.234 e. The van der Waals surface area contributed by atoms with Crippen molar-refractivity contribution in [1.82, 2.24) is 25.1 Å². The number of aromatic nitrogens is 4. The molecular formula is C23H23FN6OS. The van der Waals surface area contributed by atoms with Gasteiger partial charge < -0.3 is 5.32 Å². The van der Waals surface area contributed by atoms with Crippen LogP contribution in [0, 0.1) is 17.1 Å². The van der Waals surface area contributed by atoms with E-state index in [2.05, 4.69) is 26.6 Å². The van der Waals surface area contributed by atoms with E-state index in [1.54, 1.807) is 36.0 Å². The van der Waals surface area contributed by atoms with Gasteiger partial charge >= 0.3 is 0 Å². The number of amides is 1. The molecule has 1 unspecified atom stereocenters. The van der Waals surface area contributed by atoms with Crippen LogP contribution in [0.1, 0.15) is 39.0 Å². The quantitative estimate of drug-likeness (QED) is 0.563. The van der Waals surface area contributed by atoms with Crippen molar-refractivity contribution in [3.05, 3.63) is 54.6 Å². The fourth-order valence-corrected chi connectivity index (χ4v) is 4.69. The number of pyridine rings is 1. The Bertz CT molecular complexity index is 1120. The minimum absolute atomic E-state index is 0.211. The number of carbonyl (C=O) groups excluding carboxylic acids is 1. The Labute approximate surface area is 190 Å². The predicted octanol–water partition coefficient (Wildman–Crippen LogP) is 4.29. The van der Waals surface area contributed by atoms with Crippen LogP contribution in [0.3, 0.4) is 0 Å². The minimum Gasteiger partial charge on any atom is -0.337 e. The van der Waals surface area contributed by atoms with E-state index in [-0.39, 0.29) is 11.7 Å².